The van der Waals surface area contributed by atoms with E-state index in [9.17, 15) is 22.0 Å². The van der Waals surface area contributed by atoms with Gasteiger partial charge in [-0.25, -0.2) is 21.9 Å². The van der Waals surface area contributed by atoms with Crippen LogP contribution in [0.15, 0.2) is 23.1 Å². The van der Waals surface area contributed by atoms with Crippen molar-refractivity contribution in [2.75, 3.05) is 18.4 Å². The standard InChI is InChI=1S/C12H15F2N3O3S/c1-7-9-4-8(2-3-10(9)17-11(7)18)21(19,20)16-6-12(13,14)5-15/h2-4,7,16H,5-6,15H2,1H3,(H,17,18). The number of carbonyl (C=O) groups excluding carboxylic acids is 1. The molecule has 4 N–H and O–H groups in total. The molecule has 1 aromatic rings. The molecule has 0 radical (unpaired) electrons. The second-order valence-electron chi connectivity index (χ2n) is 4.84. The average Bonchev–Trinajstić information content (AvgIpc) is 2.72. The van der Waals surface area contributed by atoms with Gasteiger partial charge in [-0.3, -0.25) is 4.79 Å². The molecule has 1 heterocycles. The minimum Gasteiger partial charge on any atom is -0.325 e. The Bertz CT molecular complexity index is 676. The number of fused-ring (bicyclic) bond motifs is 1. The van der Waals surface area contributed by atoms with Crippen LogP contribution < -0.4 is 15.8 Å². The third kappa shape index (κ3) is 3.20. The van der Waals surface area contributed by atoms with E-state index in [1.165, 1.54) is 18.2 Å². The lowest BCUT2D eigenvalue weighted by atomic mass is 10.0. The first-order valence-corrected chi connectivity index (χ1v) is 7.67. The van der Waals surface area contributed by atoms with Crippen molar-refractivity contribution in [3.05, 3.63) is 23.8 Å². The van der Waals surface area contributed by atoms with E-state index in [1.54, 1.807) is 6.92 Å². The number of amides is 1. The molecule has 0 saturated carbocycles. The molecule has 0 spiro atoms. The third-order valence-corrected chi connectivity index (χ3v) is 4.67. The molecule has 1 aliphatic heterocycles. The first-order valence-electron chi connectivity index (χ1n) is 6.19. The molecule has 2 rings (SSSR count). The molecular formula is C12H15F2N3O3S. The number of carbonyl (C=O) groups is 1. The number of nitrogens with one attached hydrogen (secondary N) is 2. The Labute approximate surface area is 120 Å². The highest BCUT2D eigenvalue weighted by Gasteiger charge is 2.31. The molecule has 9 heteroatoms. The van der Waals surface area contributed by atoms with E-state index in [2.05, 4.69) is 5.32 Å². The van der Waals surface area contributed by atoms with Crippen LogP contribution in [0.25, 0.3) is 0 Å². The Balaban J connectivity index is 2.25. The van der Waals surface area contributed by atoms with Crippen LogP contribution in [0.3, 0.4) is 0 Å². The van der Waals surface area contributed by atoms with Crippen LogP contribution in [0.1, 0.15) is 18.4 Å². The highest BCUT2D eigenvalue weighted by atomic mass is 32.2. The van der Waals surface area contributed by atoms with Gasteiger partial charge in [0.1, 0.15) is 0 Å². The Morgan fingerprint density at radius 3 is 2.71 bits per heavy atom. The summed E-state index contributed by atoms with van der Waals surface area (Å²) in [5, 5.41) is 2.60. The first-order chi connectivity index (χ1) is 9.66. The fourth-order valence-corrected chi connectivity index (χ4v) is 3.02. The lowest BCUT2D eigenvalue weighted by molar-refractivity contribution is -0.116. The van der Waals surface area contributed by atoms with Crippen LogP contribution in [-0.2, 0) is 14.8 Å². The van der Waals surface area contributed by atoms with Crippen LogP contribution in [0, 0.1) is 0 Å². The lowest BCUT2D eigenvalue weighted by Crippen LogP contribution is -2.41. The molecule has 0 saturated heterocycles. The maximum absolute atomic E-state index is 13.0. The molecule has 1 unspecified atom stereocenters. The summed E-state index contributed by atoms with van der Waals surface area (Å²) in [5.41, 5.74) is 5.90. The summed E-state index contributed by atoms with van der Waals surface area (Å²) >= 11 is 0. The Hall–Kier alpha value is -1.58. The summed E-state index contributed by atoms with van der Waals surface area (Å²) in [7, 11) is -4.09. The number of halogens is 2. The van der Waals surface area contributed by atoms with Crippen molar-refractivity contribution in [1.82, 2.24) is 4.72 Å². The van der Waals surface area contributed by atoms with Crippen molar-refractivity contribution in [3.63, 3.8) is 0 Å². The van der Waals surface area contributed by atoms with Gasteiger partial charge in [0.25, 0.3) is 5.92 Å². The highest BCUT2D eigenvalue weighted by Crippen LogP contribution is 2.33. The Morgan fingerprint density at radius 1 is 1.43 bits per heavy atom. The number of rotatable bonds is 5. The number of alkyl halides is 2. The molecular weight excluding hydrogens is 304 g/mol. The Morgan fingerprint density at radius 2 is 2.10 bits per heavy atom. The van der Waals surface area contributed by atoms with E-state index in [4.69, 9.17) is 5.73 Å². The minimum absolute atomic E-state index is 0.169. The summed E-state index contributed by atoms with van der Waals surface area (Å²) in [6.45, 7) is -0.390. The van der Waals surface area contributed by atoms with Gasteiger partial charge >= 0.3 is 0 Å². The summed E-state index contributed by atoms with van der Waals surface area (Å²) < 4.78 is 51.9. The molecule has 0 aliphatic carbocycles. The predicted molar refractivity (Wildman–Crippen MR) is 72.7 cm³/mol. The molecule has 0 fully saturated rings. The maximum atomic E-state index is 13.0. The molecule has 116 valence electrons. The molecule has 6 nitrogen and oxygen atoms in total. The van der Waals surface area contributed by atoms with Gasteiger partial charge in [-0.2, -0.15) is 0 Å². The first kappa shape index (κ1) is 15.8. The fourth-order valence-electron chi connectivity index (χ4n) is 1.92. The van der Waals surface area contributed by atoms with Gasteiger partial charge < -0.3 is 11.1 Å². The number of benzene rings is 1. The SMILES string of the molecule is CC1C(=O)Nc2ccc(S(=O)(=O)NCC(F)(F)CN)cc21. The molecule has 21 heavy (non-hydrogen) atoms. The van der Waals surface area contributed by atoms with Gasteiger partial charge in [0.15, 0.2) is 0 Å². The van der Waals surface area contributed by atoms with Crippen molar-refractivity contribution in [3.8, 4) is 0 Å². The van der Waals surface area contributed by atoms with Gasteiger partial charge in [0.05, 0.1) is 23.9 Å². The van der Waals surface area contributed by atoms with E-state index < -0.39 is 35.0 Å². The summed E-state index contributed by atoms with van der Waals surface area (Å²) in [5.74, 6) is -4.03. The maximum Gasteiger partial charge on any atom is 0.273 e. The van der Waals surface area contributed by atoms with Crippen molar-refractivity contribution in [2.24, 2.45) is 5.73 Å². The summed E-state index contributed by atoms with van der Waals surface area (Å²) in [6.07, 6.45) is 0. The van der Waals surface area contributed by atoms with Crippen LogP contribution >= 0.6 is 0 Å². The van der Waals surface area contributed by atoms with E-state index in [0.29, 0.717) is 11.3 Å². The van der Waals surface area contributed by atoms with Crippen LogP contribution in [0.2, 0.25) is 0 Å². The van der Waals surface area contributed by atoms with Crippen molar-refractivity contribution < 1.29 is 22.0 Å². The lowest BCUT2D eigenvalue weighted by Gasteiger charge is -2.15. The third-order valence-electron chi connectivity index (χ3n) is 3.27. The normalized spacial score (nSPS) is 18.5. The summed E-state index contributed by atoms with van der Waals surface area (Å²) in [4.78, 5) is 11.3. The van der Waals surface area contributed by atoms with Crippen molar-refractivity contribution in [2.45, 2.75) is 23.7 Å². The Kier molecular flexibility index (Phi) is 4.00. The van der Waals surface area contributed by atoms with Gasteiger partial charge in [0.2, 0.25) is 15.9 Å². The van der Waals surface area contributed by atoms with E-state index in [0.717, 1.165) is 0 Å². The summed E-state index contributed by atoms with van der Waals surface area (Å²) in [6, 6.07) is 3.99. The number of sulfonamides is 1. The monoisotopic (exact) mass is 319 g/mol. The predicted octanol–water partition coefficient (Wildman–Crippen LogP) is 0.615. The average molecular weight is 319 g/mol. The molecule has 1 amide bonds. The van der Waals surface area contributed by atoms with E-state index >= 15 is 0 Å². The molecule has 1 aliphatic rings. The second-order valence-corrected chi connectivity index (χ2v) is 6.61. The molecule has 1 atom stereocenters. The van der Waals surface area contributed by atoms with Crippen LogP contribution in [0.5, 0.6) is 0 Å². The minimum atomic E-state index is -4.09. The van der Waals surface area contributed by atoms with Crippen molar-refractivity contribution >= 4 is 21.6 Å². The fraction of sp³-hybridized carbons (Fsp3) is 0.417. The zero-order valence-corrected chi connectivity index (χ0v) is 12.0. The topological polar surface area (TPSA) is 101 Å². The van der Waals surface area contributed by atoms with E-state index in [-0.39, 0.29) is 10.8 Å². The molecule has 1 aromatic carbocycles. The number of nitrogens with two attached hydrogens (primary N) is 1. The smallest absolute Gasteiger partial charge is 0.273 e. The zero-order chi connectivity index (χ0) is 15.8. The number of hydrogen-bond acceptors (Lipinski definition) is 4. The molecule has 0 aromatic heterocycles. The van der Waals surface area contributed by atoms with Crippen LogP contribution in [0.4, 0.5) is 14.5 Å². The highest BCUT2D eigenvalue weighted by molar-refractivity contribution is 7.89. The van der Waals surface area contributed by atoms with E-state index in [1.807, 2.05) is 4.72 Å². The van der Waals surface area contributed by atoms with Gasteiger partial charge in [-0.15, -0.1) is 0 Å². The number of hydrogen-bond donors (Lipinski definition) is 3. The van der Waals surface area contributed by atoms with Gasteiger partial charge in [0, 0.05) is 5.69 Å². The second kappa shape index (κ2) is 5.32. The largest absolute Gasteiger partial charge is 0.325 e. The quantitative estimate of drug-likeness (QED) is 0.740. The van der Waals surface area contributed by atoms with Gasteiger partial charge in [-0.05, 0) is 30.7 Å². The van der Waals surface area contributed by atoms with Crippen molar-refractivity contribution in [1.29, 1.82) is 0 Å². The van der Waals surface area contributed by atoms with Crippen LogP contribution in [-0.4, -0.2) is 33.3 Å². The van der Waals surface area contributed by atoms with Gasteiger partial charge in [-0.1, -0.05) is 0 Å². The zero-order valence-electron chi connectivity index (χ0n) is 11.2. The number of anilines is 1. The molecule has 0 bridgehead atoms.